The van der Waals surface area contributed by atoms with Crippen LogP contribution in [0.2, 0.25) is 0 Å². The van der Waals surface area contributed by atoms with Crippen LogP contribution in [0, 0.1) is 23.2 Å². The molecule has 0 spiro atoms. The van der Waals surface area contributed by atoms with Gasteiger partial charge < -0.3 is 4.74 Å². The molecule has 2 aliphatic rings. The lowest BCUT2D eigenvalue weighted by Gasteiger charge is -2.41. The molecule has 5 atom stereocenters. The van der Waals surface area contributed by atoms with Crippen LogP contribution in [0.15, 0.2) is 54.6 Å². The van der Waals surface area contributed by atoms with E-state index in [1.165, 1.54) is 48.8 Å². The molecule has 2 aliphatic carbocycles. The summed E-state index contributed by atoms with van der Waals surface area (Å²) >= 11 is 0. The molecule has 2 aromatic rings. The van der Waals surface area contributed by atoms with Gasteiger partial charge in [0, 0.05) is 7.11 Å². The Balaban J connectivity index is 1.54. The first-order valence-electron chi connectivity index (χ1n) is 12.2. The minimum absolute atomic E-state index is 0.215. The van der Waals surface area contributed by atoms with Gasteiger partial charge in [-0.25, -0.2) is 0 Å². The predicted octanol–water partition coefficient (Wildman–Crippen LogP) is 7.96. The van der Waals surface area contributed by atoms with Crippen LogP contribution in [-0.4, -0.2) is 7.11 Å². The Bertz CT molecular complexity index is 791. The smallest absolute Gasteiger partial charge is 0.0824 e. The van der Waals surface area contributed by atoms with E-state index in [1.807, 2.05) is 7.11 Å². The monoisotopic (exact) mass is 404 g/mol. The molecule has 5 unspecified atom stereocenters. The fraction of sp³-hybridized carbons (Fsp3) is 0.586. The summed E-state index contributed by atoms with van der Waals surface area (Å²) in [5, 5.41) is 0. The van der Waals surface area contributed by atoms with Crippen LogP contribution in [0.1, 0.15) is 88.0 Å². The fourth-order valence-corrected chi connectivity index (χ4v) is 6.47. The molecule has 4 rings (SSSR count). The summed E-state index contributed by atoms with van der Waals surface area (Å²) in [4.78, 5) is 0. The van der Waals surface area contributed by atoms with Crippen molar-refractivity contribution in [2.75, 3.05) is 7.11 Å². The van der Waals surface area contributed by atoms with Crippen LogP contribution in [-0.2, 0) is 11.2 Å². The van der Waals surface area contributed by atoms with E-state index < -0.39 is 0 Å². The van der Waals surface area contributed by atoms with Crippen LogP contribution in [0.3, 0.4) is 0 Å². The van der Waals surface area contributed by atoms with E-state index >= 15 is 0 Å². The Hall–Kier alpha value is -1.60. The lowest BCUT2D eigenvalue weighted by atomic mass is 9.64. The van der Waals surface area contributed by atoms with E-state index in [4.69, 9.17) is 4.74 Å². The summed E-state index contributed by atoms with van der Waals surface area (Å²) in [6.07, 6.45) is 9.49. The zero-order chi connectivity index (χ0) is 21.1. The second-order valence-corrected chi connectivity index (χ2v) is 10.3. The summed E-state index contributed by atoms with van der Waals surface area (Å²) in [5.74, 6) is 3.23. The van der Waals surface area contributed by atoms with Crippen molar-refractivity contribution >= 4 is 0 Å². The summed E-state index contributed by atoms with van der Waals surface area (Å²) in [7, 11) is 1.89. The third-order valence-corrected chi connectivity index (χ3v) is 8.45. The topological polar surface area (TPSA) is 9.23 Å². The molecule has 1 heteroatoms. The molecule has 0 heterocycles. The molecule has 0 aromatic heterocycles. The van der Waals surface area contributed by atoms with Gasteiger partial charge in [0.2, 0.25) is 0 Å². The molecule has 0 N–H and O–H groups in total. The minimum Gasteiger partial charge on any atom is -0.377 e. The number of methoxy groups -OCH3 is 1. The number of hydrogen-bond donors (Lipinski definition) is 0. The van der Waals surface area contributed by atoms with Crippen LogP contribution in [0.4, 0.5) is 0 Å². The third kappa shape index (κ3) is 4.52. The van der Waals surface area contributed by atoms with Crippen molar-refractivity contribution in [2.45, 2.75) is 77.7 Å². The maximum atomic E-state index is 6.02. The van der Waals surface area contributed by atoms with Crippen molar-refractivity contribution in [1.82, 2.24) is 0 Å². The highest BCUT2D eigenvalue weighted by Crippen LogP contribution is 2.61. The average Bonchev–Trinajstić information content (AvgIpc) is 3.57. The Kier molecular flexibility index (Phi) is 6.68. The molecule has 0 radical (unpaired) electrons. The maximum Gasteiger partial charge on any atom is 0.0824 e. The van der Waals surface area contributed by atoms with Gasteiger partial charge in [0.05, 0.1) is 6.10 Å². The van der Waals surface area contributed by atoms with Crippen LogP contribution in [0.5, 0.6) is 0 Å². The van der Waals surface area contributed by atoms with E-state index in [9.17, 15) is 0 Å². The lowest BCUT2D eigenvalue weighted by molar-refractivity contribution is 0.0375. The van der Waals surface area contributed by atoms with E-state index in [1.54, 1.807) is 0 Å². The molecule has 0 saturated heterocycles. The zero-order valence-corrected chi connectivity index (χ0v) is 19.4. The number of aryl methyl sites for hydroxylation is 1. The number of benzene rings is 2. The van der Waals surface area contributed by atoms with E-state index in [0.29, 0.717) is 11.3 Å². The van der Waals surface area contributed by atoms with E-state index in [2.05, 4.69) is 75.4 Å². The van der Waals surface area contributed by atoms with Crippen molar-refractivity contribution < 1.29 is 4.74 Å². The first-order valence-corrected chi connectivity index (χ1v) is 12.2. The van der Waals surface area contributed by atoms with Gasteiger partial charge in [-0.2, -0.15) is 0 Å². The second-order valence-electron chi connectivity index (χ2n) is 10.3. The molecular formula is C29H40O. The lowest BCUT2D eigenvalue weighted by Crippen LogP contribution is -2.33. The molecule has 162 valence electrons. The van der Waals surface area contributed by atoms with Crippen LogP contribution in [0.25, 0.3) is 0 Å². The molecule has 2 saturated carbocycles. The van der Waals surface area contributed by atoms with Crippen molar-refractivity contribution in [3.63, 3.8) is 0 Å². The number of ether oxygens (including phenoxy) is 1. The average molecular weight is 405 g/mol. The number of hydrogen-bond acceptors (Lipinski definition) is 1. The number of rotatable bonds is 9. The van der Waals surface area contributed by atoms with Gasteiger partial charge in [-0.1, -0.05) is 75.4 Å². The second kappa shape index (κ2) is 9.27. The van der Waals surface area contributed by atoms with Gasteiger partial charge in [0.15, 0.2) is 0 Å². The SMILES string of the molecule is CCc1ccc(C(C)CC2(C)C(CC(OC)c3ccccc3)CCC2C2CC2)cc1. The van der Waals surface area contributed by atoms with Gasteiger partial charge >= 0.3 is 0 Å². The first-order chi connectivity index (χ1) is 14.5. The molecular weight excluding hydrogens is 364 g/mol. The quantitative estimate of drug-likeness (QED) is 0.412. The van der Waals surface area contributed by atoms with Gasteiger partial charge in [-0.3, -0.25) is 0 Å². The third-order valence-electron chi connectivity index (χ3n) is 8.45. The van der Waals surface area contributed by atoms with Gasteiger partial charge in [0.1, 0.15) is 0 Å². The van der Waals surface area contributed by atoms with Gasteiger partial charge in [0.25, 0.3) is 0 Å². The van der Waals surface area contributed by atoms with Crippen molar-refractivity contribution in [1.29, 1.82) is 0 Å². The Labute approximate surface area is 184 Å². The van der Waals surface area contributed by atoms with Crippen molar-refractivity contribution in [3.8, 4) is 0 Å². The van der Waals surface area contributed by atoms with Gasteiger partial charge in [-0.05, 0) is 90.7 Å². The normalized spacial score (nSPS) is 28.4. The minimum atomic E-state index is 0.215. The van der Waals surface area contributed by atoms with Gasteiger partial charge in [-0.15, -0.1) is 0 Å². The highest BCUT2D eigenvalue weighted by Gasteiger charge is 2.52. The van der Waals surface area contributed by atoms with Crippen molar-refractivity contribution in [2.24, 2.45) is 23.2 Å². The summed E-state index contributed by atoms with van der Waals surface area (Å²) in [6, 6.07) is 20.3. The van der Waals surface area contributed by atoms with E-state index in [-0.39, 0.29) is 6.10 Å². The Morgan fingerprint density at radius 1 is 0.933 bits per heavy atom. The molecule has 2 aromatic carbocycles. The molecule has 1 nitrogen and oxygen atoms in total. The molecule has 0 aliphatic heterocycles. The Morgan fingerprint density at radius 3 is 2.23 bits per heavy atom. The summed E-state index contributed by atoms with van der Waals surface area (Å²) < 4.78 is 6.02. The molecule has 30 heavy (non-hydrogen) atoms. The fourth-order valence-electron chi connectivity index (χ4n) is 6.47. The molecule has 2 fully saturated rings. The highest BCUT2D eigenvalue weighted by atomic mass is 16.5. The van der Waals surface area contributed by atoms with Crippen LogP contribution >= 0.6 is 0 Å². The maximum absolute atomic E-state index is 6.02. The van der Waals surface area contributed by atoms with Crippen molar-refractivity contribution in [3.05, 3.63) is 71.3 Å². The largest absolute Gasteiger partial charge is 0.377 e. The van der Waals surface area contributed by atoms with E-state index in [0.717, 1.165) is 30.6 Å². The summed E-state index contributed by atoms with van der Waals surface area (Å²) in [5.41, 5.74) is 4.70. The highest BCUT2D eigenvalue weighted by molar-refractivity contribution is 5.26. The first kappa shape index (κ1) is 21.6. The Morgan fingerprint density at radius 2 is 1.63 bits per heavy atom. The standard InChI is InChI=1S/C29H40O/c1-5-22-11-13-23(14-12-22)21(2)20-29(3)26(17-18-27(29)24-15-16-24)19-28(30-4)25-9-7-6-8-10-25/h6-14,21,24,26-28H,5,15-20H2,1-4H3. The molecule has 0 bridgehead atoms. The predicted molar refractivity (Wildman–Crippen MR) is 127 cm³/mol. The molecule has 0 amide bonds. The zero-order valence-electron chi connectivity index (χ0n) is 19.4. The summed E-state index contributed by atoms with van der Waals surface area (Å²) in [6.45, 7) is 7.32. The van der Waals surface area contributed by atoms with Crippen LogP contribution < -0.4 is 0 Å².